The lowest BCUT2D eigenvalue weighted by molar-refractivity contribution is -0.159. The molecular formula is C21H32BrNO6. The zero-order valence-corrected chi connectivity index (χ0v) is 18.8. The fourth-order valence-electron chi connectivity index (χ4n) is 3.27. The SMILES string of the molecule is CCCCCN1CC[C@H](CCOc2ccc(Br)cc2)[C@H](OC)C1.O=C(O)C(=O)O. The van der Waals surface area contributed by atoms with Crippen molar-refractivity contribution in [1.82, 2.24) is 4.90 Å². The third-order valence-electron chi connectivity index (χ3n) is 4.91. The molecular weight excluding hydrogens is 442 g/mol. The molecule has 2 N–H and O–H groups in total. The molecule has 0 aromatic heterocycles. The van der Waals surface area contributed by atoms with Crippen LogP contribution in [0, 0.1) is 5.92 Å². The Morgan fingerprint density at radius 3 is 2.38 bits per heavy atom. The van der Waals surface area contributed by atoms with Crippen molar-refractivity contribution in [1.29, 1.82) is 0 Å². The molecule has 1 aromatic carbocycles. The molecule has 8 heteroatoms. The summed E-state index contributed by atoms with van der Waals surface area (Å²) in [4.78, 5) is 20.8. The number of carboxylic acid groups (broad SMARTS) is 2. The van der Waals surface area contributed by atoms with Crippen LogP contribution in [0.3, 0.4) is 0 Å². The Balaban J connectivity index is 0.000000612. The second-order valence-corrected chi connectivity index (χ2v) is 7.95. The Morgan fingerprint density at radius 1 is 1.17 bits per heavy atom. The van der Waals surface area contributed by atoms with E-state index >= 15 is 0 Å². The summed E-state index contributed by atoms with van der Waals surface area (Å²) in [5.74, 6) is -2.10. The highest BCUT2D eigenvalue weighted by Crippen LogP contribution is 2.24. The molecule has 1 heterocycles. The van der Waals surface area contributed by atoms with Gasteiger partial charge in [0, 0.05) is 18.1 Å². The van der Waals surface area contributed by atoms with Crippen molar-refractivity contribution in [2.75, 3.05) is 33.4 Å². The second kappa shape index (κ2) is 14.4. The second-order valence-electron chi connectivity index (χ2n) is 7.03. The van der Waals surface area contributed by atoms with Crippen LogP contribution >= 0.6 is 15.9 Å². The van der Waals surface area contributed by atoms with Gasteiger partial charge < -0.3 is 24.6 Å². The molecule has 0 amide bonds. The summed E-state index contributed by atoms with van der Waals surface area (Å²) in [6.45, 7) is 6.52. The first-order chi connectivity index (χ1) is 13.9. The molecule has 0 bridgehead atoms. The molecule has 29 heavy (non-hydrogen) atoms. The first kappa shape index (κ1) is 25.4. The van der Waals surface area contributed by atoms with E-state index in [2.05, 4.69) is 27.8 Å². The average Bonchev–Trinajstić information content (AvgIpc) is 2.71. The first-order valence-corrected chi connectivity index (χ1v) is 10.8. The molecule has 0 saturated carbocycles. The Morgan fingerprint density at radius 2 is 1.83 bits per heavy atom. The van der Waals surface area contributed by atoms with E-state index in [0.717, 1.165) is 29.8 Å². The number of unbranched alkanes of at least 4 members (excludes halogenated alkanes) is 2. The molecule has 7 nitrogen and oxygen atoms in total. The van der Waals surface area contributed by atoms with Gasteiger partial charge in [0.2, 0.25) is 0 Å². The van der Waals surface area contributed by atoms with E-state index in [1.807, 2.05) is 31.4 Å². The minimum absolute atomic E-state index is 0.346. The number of carbonyl (C=O) groups is 2. The van der Waals surface area contributed by atoms with Crippen LogP contribution < -0.4 is 4.74 Å². The smallest absolute Gasteiger partial charge is 0.414 e. The van der Waals surface area contributed by atoms with E-state index in [4.69, 9.17) is 29.3 Å². The van der Waals surface area contributed by atoms with Gasteiger partial charge in [-0.2, -0.15) is 0 Å². The van der Waals surface area contributed by atoms with Crippen molar-refractivity contribution in [3.63, 3.8) is 0 Å². The number of piperidine rings is 1. The highest BCUT2D eigenvalue weighted by Gasteiger charge is 2.28. The van der Waals surface area contributed by atoms with Gasteiger partial charge in [0.1, 0.15) is 5.75 Å². The normalized spacial score (nSPS) is 19.1. The Kier molecular flexibility index (Phi) is 12.6. The molecule has 2 atom stereocenters. The van der Waals surface area contributed by atoms with E-state index in [1.165, 1.54) is 38.8 Å². The van der Waals surface area contributed by atoms with Crippen molar-refractivity contribution < 1.29 is 29.3 Å². The van der Waals surface area contributed by atoms with Crippen LogP contribution in [-0.4, -0.2) is 66.5 Å². The Bertz CT molecular complexity index is 598. The van der Waals surface area contributed by atoms with E-state index in [0.29, 0.717) is 12.0 Å². The van der Waals surface area contributed by atoms with Gasteiger partial charge in [-0.1, -0.05) is 35.7 Å². The number of methoxy groups -OCH3 is 1. The molecule has 1 aliphatic heterocycles. The molecule has 1 saturated heterocycles. The third kappa shape index (κ3) is 10.6. The fourth-order valence-corrected chi connectivity index (χ4v) is 3.54. The van der Waals surface area contributed by atoms with Crippen molar-refractivity contribution in [2.24, 2.45) is 5.92 Å². The molecule has 0 spiro atoms. The largest absolute Gasteiger partial charge is 0.494 e. The molecule has 0 radical (unpaired) electrons. The van der Waals surface area contributed by atoms with Crippen LogP contribution in [0.2, 0.25) is 0 Å². The van der Waals surface area contributed by atoms with Gasteiger partial charge in [-0.15, -0.1) is 0 Å². The maximum Gasteiger partial charge on any atom is 0.414 e. The van der Waals surface area contributed by atoms with Crippen LogP contribution in [0.4, 0.5) is 0 Å². The van der Waals surface area contributed by atoms with Crippen LogP contribution in [-0.2, 0) is 14.3 Å². The van der Waals surface area contributed by atoms with Gasteiger partial charge in [0.15, 0.2) is 0 Å². The topological polar surface area (TPSA) is 96.3 Å². The molecule has 0 aliphatic carbocycles. The number of ether oxygens (including phenoxy) is 2. The summed E-state index contributed by atoms with van der Waals surface area (Å²) >= 11 is 3.44. The van der Waals surface area contributed by atoms with E-state index < -0.39 is 11.9 Å². The molecule has 164 valence electrons. The highest BCUT2D eigenvalue weighted by atomic mass is 79.9. The molecule has 1 aliphatic rings. The predicted molar refractivity (Wildman–Crippen MR) is 114 cm³/mol. The van der Waals surface area contributed by atoms with Gasteiger partial charge in [-0.3, -0.25) is 0 Å². The lowest BCUT2D eigenvalue weighted by atomic mass is 9.91. The average molecular weight is 474 g/mol. The first-order valence-electron chi connectivity index (χ1n) is 9.97. The maximum atomic E-state index is 9.10. The fraction of sp³-hybridized carbons (Fsp3) is 0.619. The van der Waals surface area contributed by atoms with Crippen LogP contribution in [0.15, 0.2) is 28.7 Å². The zero-order chi connectivity index (χ0) is 21.6. The summed E-state index contributed by atoms with van der Waals surface area (Å²) in [7, 11) is 1.85. The van der Waals surface area contributed by atoms with Crippen LogP contribution in [0.1, 0.15) is 39.0 Å². The van der Waals surface area contributed by atoms with E-state index in [1.54, 1.807) is 0 Å². The number of hydrogen-bond donors (Lipinski definition) is 2. The molecule has 2 rings (SSSR count). The third-order valence-corrected chi connectivity index (χ3v) is 5.44. The van der Waals surface area contributed by atoms with Gasteiger partial charge >= 0.3 is 11.9 Å². The van der Waals surface area contributed by atoms with E-state index in [9.17, 15) is 0 Å². The number of halogens is 1. The minimum atomic E-state index is -1.82. The Hall–Kier alpha value is -1.64. The zero-order valence-electron chi connectivity index (χ0n) is 17.2. The monoisotopic (exact) mass is 473 g/mol. The summed E-state index contributed by atoms with van der Waals surface area (Å²) in [6.07, 6.45) is 6.56. The lowest BCUT2D eigenvalue weighted by Gasteiger charge is -2.37. The number of nitrogens with zero attached hydrogens (tertiary/aromatic N) is 1. The van der Waals surface area contributed by atoms with Gasteiger partial charge in [0.05, 0.1) is 12.7 Å². The summed E-state index contributed by atoms with van der Waals surface area (Å²) in [5.41, 5.74) is 0. The van der Waals surface area contributed by atoms with Crippen LogP contribution in [0.25, 0.3) is 0 Å². The number of rotatable bonds is 9. The quantitative estimate of drug-likeness (QED) is 0.414. The number of likely N-dealkylation sites (tertiary alicyclic amines) is 1. The lowest BCUT2D eigenvalue weighted by Crippen LogP contribution is -2.45. The van der Waals surface area contributed by atoms with Crippen molar-refractivity contribution >= 4 is 27.9 Å². The van der Waals surface area contributed by atoms with Crippen molar-refractivity contribution in [3.8, 4) is 5.75 Å². The summed E-state index contributed by atoms with van der Waals surface area (Å²) in [6, 6.07) is 8.05. The van der Waals surface area contributed by atoms with Crippen LogP contribution in [0.5, 0.6) is 5.75 Å². The van der Waals surface area contributed by atoms with E-state index in [-0.39, 0.29) is 0 Å². The molecule has 1 fully saturated rings. The van der Waals surface area contributed by atoms with Gasteiger partial charge in [0.25, 0.3) is 0 Å². The highest BCUT2D eigenvalue weighted by molar-refractivity contribution is 9.10. The van der Waals surface area contributed by atoms with Crippen molar-refractivity contribution in [2.45, 2.75) is 45.1 Å². The Labute approximate surface area is 181 Å². The standard InChI is InChI=1S/C19H30BrNO2.C2H2O4/c1-3-4-5-12-21-13-10-16(19(15-21)22-2)11-14-23-18-8-6-17(20)7-9-18;3-1(4)2(5)6/h6-9,16,19H,3-5,10-15H2,1-2H3;(H,3,4)(H,5,6)/t16-,19-;/m1./s1. The number of carboxylic acids is 2. The molecule has 0 unspecified atom stereocenters. The number of hydrogen-bond acceptors (Lipinski definition) is 5. The summed E-state index contributed by atoms with van der Waals surface area (Å²) in [5, 5.41) is 14.8. The van der Waals surface area contributed by atoms with Gasteiger partial charge in [-0.05, 0) is 62.5 Å². The minimum Gasteiger partial charge on any atom is -0.494 e. The predicted octanol–water partition coefficient (Wildman–Crippen LogP) is 3.90. The number of aliphatic carboxylic acids is 2. The number of benzene rings is 1. The molecule has 1 aromatic rings. The summed E-state index contributed by atoms with van der Waals surface area (Å²) < 4.78 is 12.7. The van der Waals surface area contributed by atoms with Crippen molar-refractivity contribution in [3.05, 3.63) is 28.7 Å². The van der Waals surface area contributed by atoms with Gasteiger partial charge in [-0.25, -0.2) is 9.59 Å². The maximum absolute atomic E-state index is 9.10.